The van der Waals surface area contributed by atoms with Crippen LogP contribution in [0.1, 0.15) is 6.92 Å². The lowest BCUT2D eigenvalue weighted by atomic mass is 10.4. The summed E-state index contributed by atoms with van der Waals surface area (Å²) in [6.07, 6.45) is 8.13. The number of carbonyl (C=O) groups excluding carboxylic acids is 1. The highest BCUT2D eigenvalue weighted by molar-refractivity contribution is 5.81. The molecule has 0 atom stereocenters. The topological polar surface area (TPSA) is 110 Å². The summed E-state index contributed by atoms with van der Waals surface area (Å²) in [5.74, 6) is 0.933. The molecule has 0 bridgehead atoms. The van der Waals surface area contributed by atoms with Crippen molar-refractivity contribution in [1.82, 2.24) is 34.9 Å². The first-order valence-electron chi connectivity index (χ1n) is 6.76. The number of hydrogen-bond acceptors (Lipinski definition) is 7. The van der Waals surface area contributed by atoms with Crippen LogP contribution in [0.5, 0.6) is 0 Å². The number of aromatic nitrogens is 6. The zero-order valence-corrected chi connectivity index (χ0v) is 11.9. The van der Waals surface area contributed by atoms with E-state index in [1.807, 2.05) is 6.92 Å². The highest BCUT2D eigenvalue weighted by atomic mass is 16.1. The molecular weight excluding hydrogens is 284 g/mol. The van der Waals surface area contributed by atoms with Gasteiger partial charge in [-0.1, -0.05) is 0 Å². The van der Waals surface area contributed by atoms with E-state index in [9.17, 15) is 4.79 Å². The predicted octanol–water partition coefficient (Wildman–Crippen LogP) is 0.129. The Bertz CT molecular complexity index is 785. The van der Waals surface area contributed by atoms with Gasteiger partial charge in [-0.3, -0.25) is 14.2 Å². The van der Waals surface area contributed by atoms with Gasteiger partial charge in [0.05, 0.1) is 12.7 Å². The molecule has 0 aromatic carbocycles. The van der Waals surface area contributed by atoms with E-state index in [2.05, 4.69) is 35.8 Å². The van der Waals surface area contributed by atoms with Crippen LogP contribution in [-0.4, -0.2) is 48.5 Å². The second-order valence-electron chi connectivity index (χ2n) is 4.39. The van der Waals surface area contributed by atoms with Gasteiger partial charge in [0.15, 0.2) is 11.6 Å². The molecule has 1 amide bonds. The molecule has 0 saturated carbocycles. The molecule has 22 heavy (non-hydrogen) atoms. The van der Waals surface area contributed by atoms with Gasteiger partial charge in [0.2, 0.25) is 11.6 Å². The number of likely N-dealkylation sites (N-methyl/N-ethyl adjacent to an activating group) is 1. The number of carbonyl (C=O) groups is 1. The van der Waals surface area contributed by atoms with Crippen LogP contribution in [-0.2, 0) is 4.79 Å². The van der Waals surface area contributed by atoms with Crippen LogP contribution < -0.4 is 10.6 Å². The second-order valence-corrected chi connectivity index (χ2v) is 4.39. The van der Waals surface area contributed by atoms with Crippen molar-refractivity contribution in [3.63, 3.8) is 0 Å². The van der Waals surface area contributed by atoms with E-state index in [0.717, 1.165) is 0 Å². The van der Waals surface area contributed by atoms with E-state index in [0.29, 0.717) is 29.5 Å². The Balaban J connectivity index is 1.91. The van der Waals surface area contributed by atoms with Crippen molar-refractivity contribution in [2.24, 2.45) is 0 Å². The lowest BCUT2D eigenvalue weighted by molar-refractivity contribution is -0.119. The van der Waals surface area contributed by atoms with E-state index in [-0.39, 0.29) is 12.5 Å². The number of fused-ring (bicyclic) bond motifs is 1. The Hall–Kier alpha value is -3.10. The molecule has 0 aliphatic heterocycles. The maximum Gasteiger partial charge on any atom is 0.239 e. The predicted molar refractivity (Wildman–Crippen MR) is 79.0 cm³/mol. The molecule has 0 fully saturated rings. The van der Waals surface area contributed by atoms with E-state index < -0.39 is 0 Å². The van der Waals surface area contributed by atoms with Crippen LogP contribution in [0, 0.1) is 0 Å². The Morgan fingerprint density at radius 2 is 2.14 bits per heavy atom. The van der Waals surface area contributed by atoms with Crippen molar-refractivity contribution < 1.29 is 4.79 Å². The zero-order chi connectivity index (χ0) is 15.4. The zero-order valence-electron chi connectivity index (χ0n) is 11.9. The van der Waals surface area contributed by atoms with Crippen molar-refractivity contribution in [2.75, 3.05) is 18.4 Å². The smallest absolute Gasteiger partial charge is 0.239 e. The molecule has 0 aliphatic carbocycles. The lowest BCUT2D eigenvalue weighted by Gasteiger charge is -2.06. The van der Waals surface area contributed by atoms with Crippen molar-refractivity contribution in [3.05, 3.63) is 31.0 Å². The van der Waals surface area contributed by atoms with Gasteiger partial charge in [0, 0.05) is 31.3 Å². The fraction of sp³-hybridized carbons (Fsp3) is 0.231. The average Bonchev–Trinajstić information content (AvgIpc) is 2.98. The second kappa shape index (κ2) is 6.12. The molecule has 3 aromatic rings. The largest absolute Gasteiger partial charge is 0.358 e. The summed E-state index contributed by atoms with van der Waals surface area (Å²) in [7, 11) is 0. The normalized spacial score (nSPS) is 10.6. The number of nitrogens with one attached hydrogen (secondary N) is 2. The van der Waals surface area contributed by atoms with Crippen LogP contribution in [0.4, 0.5) is 5.82 Å². The summed E-state index contributed by atoms with van der Waals surface area (Å²) in [6.45, 7) is 2.57. The molecular formula is C13H14N8O. The van der Waals surface area contributed by atoms with Gasteiger partial charge < -0.3 is 10.6 Å². The van der Waals surface area contributed by atoms with Gasteiger partial charge >= 0.3 is 0 Å². The Morgan fingerprint density at radius 3 is 2.91 bits per heavy atom. The van der Waals surface area contributed by atoms with Gasteiger partial charge in [0.25, 0.3) is 0 Å². The summed E-state index contributed by atoms with van der Waals surface area (Å²) in [4.78, 5) is 23.9. The van der Waals surface area contributed by atoms with Gasteiger partial charge in [-0.2, -0.15) is 0 Å². The number of amides is 1. The highest BCUT2D eigenvalue weighted by Crippen LogP contribution is 2.18. The molecule has 0 saturated heterocycles. The number of anilines is 1. The van der Waals surface area contributed by atoms with E-state index in [1.54, 1.807) is 35.4 Å². The maximum atomic E-state index is 11.5. The van der Waals surface area contributed by atoms with E-state index in [4.69, 9.17) is 0 Å². The van der Waals surface area contributed by atoms with Crippen LogP contribution >= 0.6 is 0 Å². The minimum atomic E-state index is -0.111. The molecule has 0 unspecified atom stereocenters. The van der Waals surface area contributed by atoms with Crippen LogP contribution in [0.15, 0.2) is 31.0 Å². The summed E-state index contributed by atoms with van der Waals surface area (Å²) in [5, 5.41) is 13.9. The van der Waals surface area contributed by atoms with Gasteiger partial charge in [0.1, 0.15) is 5.69 Å². The first kappa shape index (κ1) is 13.9. The van der Waals surface area contributed by atoms with Crippen molar-refractivity contribution in [1.29, 1.82) is 0 Å². The highest BCUT2D eigenvalue weighted by Gasteiger charge is 2.13. The number of rotatable bonds is 5. The monoisotopic (exact) mass is 298 g/mol. The van der Waals surface area contributed by atoms with Gasteiger partial charge in [-0.05, 0) is 6.92 Å². The van der Waals surface area contributed by atoms with E-state index in [1.165, 1.54) is 0 Å². The average molecular weight is 298 g/mol. The summed E-state index contributed by atoms with van der Waals surface area (Å²) in [5.41, 5.74) is 1.13. The Labute approximate surface area is 125 Å². The molecule has 112 valence electrons. The molecule has 9 heteroatoms. The fourth-order valence-electron chi connectivity index (χ4n) is 1.96. The van der Waals surface area contributed by atoms with Gasteiger partial charge in [-0.25, -0.2) is 9.97 Å². The van der Waals surface area contributed by atoms with Crippen molar-refractivity contribution in [2.45, 2.75) is 6.92 Å². The minimum Gasteiger partial charge on any atom is -0.358 e. The van der Waals surface area contributed by atoms with Crippen molar-refractivity contribution in [3.8, 4) is 11.5 Å². The molecule has 9 nitrogen and oxygen atoms in total. The molecule has 3 rings (SSSR count). The van der Waals surface area contributed by atoms with Crippen LogP contribution in [0.25, 0.3) is 17.2 Å². The first-order valence-corrected chi connectivity index (χ1v) is 6.76. The lowest BCUT2D eigenvalue weighted by Crippen LogP contribution is -2.29. The van der Waals surface area contributed by atoms with Crippen molar-refractivity contribution >= 4 is 17.4 Å². The maximum absolute atomic E-state index is 11.5. The number of nitrogens with zero attached hydrogens (tertiary/aromatic N) is 6. The molecule has 3 aromatic heterocycles. The molecule has 0 spiro atoms. The molecule has 0 radical (unpaired) electrons. The number of hydrogen-bond donors (Lipinski definition) is 2. The third kappa shape index (κ3) is 2.68. The Kier molecular flexibility index (Phi) is 3.86. The molecule has 3 heterocycles. The molecule has 2 N–H and O–H groups in total. The van der Waals surface area contributed by atoms with Gasteiger partial charge in [-0.15, -0.1) is 10.2 Å². The quantitative estimate of drug-likeness (QED) is 0.688. The minimum absolute atomic E-state index is 0.111. The van der Waals surface area contributed by atoms with E-state index >= 15 is 0 Å². The fourth-order valence-corrected chi connectivity index (χ4v) is 1.96. The summed E-state index contributed by atoms with van der Waals surface area (Å²) >= 11 is 0. The third-order valence-corrected chi connectivity index (χ3v) is 2.91. The van der Waals surface area contributed by atoms with Crippen LogP contribution in [0.2, 0.25) is 0 Å². The third-order valence-electron chi connectivity index (χ3n) is 2.91. The summed E-state index contributed by atoms with van der Waals surface area (Å²) in [6, 6.07) is 0. The van der Waals surface area contributed by atoms with Crippen LogP contribution in [0.3, 0.4) is 0 Å². The SMILES string of the molecule is CCNC(=O)CNc1nccn2c(-c3cnccn3)nnc12. The molecule has 0 aliphatic rings. The first-order chi connectivity index (χ1) is 10.8. The standard InChI is InChI=1S/C13H14N8O/c1-2-15-10(22)8-18-11-13-20-19-12(21(13)6-5-17-11)9-7-14-3-4-16-9/h3-7H,2,8H2,1H3,(H,15,22)(H,17,18). The summed E-state index contributed by atoms with van der Waals surface area (Å²) < 4.78 is 1.75. The Morgan fingerprint density at radius 1 is 1.23 bits per heavy atom.